The van der Waals surface area contributed by atoms with Crippen molar-refractivity contribution < 1.29 is 76.6 Å². The van der Waals surface area contributed by atoms with Gasteiger partial charge in [-0.05, 0) is 25.2 Å². The fourth-order valence-electron chi connectivity index (χ4n) is 5.43. The Bertz CT molecular complexity index is 1250. The Labute approximate surface area is 347 Å². The summed E-state index contributed by atoms with van der Waals surface area (Å²) < 4.78 is 43.7. The molecule has 338 valence electrons. The van der Waals surface area contributed by atoms with E-state index in [1.165, 1.54) is 12.2 Å². The van der Waals surface area contributed by atoms with Crippen LogP contribution in [0.5, 0.6) is 0 Å². The summed E-state index contributed by atoms with van der Waals surface area (Å²) >= 11 is 0. The van der Waals surface area contributed by atoms with Crippen LogP contribution >= 0.6 is 0 Å². The molecule has 0 saturated heterocycles. The van der Waals surface area contributed by atoms with Crippen LogP contribution in [0.4, 0.5) is 0 Å². The van der Waals surface area contributed by atoms with E-state index in [-0.39, 0.29) is 87.1 Å². The Hall–Kier alpha value is -3.69. The summed E-state index contributed by atoms with van der Waals surface area (Å²) in [5, 5.41) is 12.2. The van der Waals surface area contributed by atoms with Crippen molar-refractivity contribution in [2.24, 2.45) is 17.6 Å². The first-order chi connectivity index (χ1) is 28.4. The Morgan fingerprint density at radius 2 is 1.05 bits per heavy atom. The van der Waals surface area contributed by atoms with Crippen LogP contribution in [-0.2, 0) is 71.5 Å². The third-order valence-electron chi connectivity index (χ3n) is 8.69. The molecule has 0 aromatic heterocycles. The van der Waals surface area contributed by atoms with E-state index in [0.29, 0.717) is 118 Å². The average Bonchev–Trinajstić information content (AvgIpc) is 3.52. The summed E-state index contributed by atoms with van der Waals surface area (Å²) in [6, 6.07) is -0.813. The van der Waals surface area contributed by atoms with Crippen LogP contribution in [0.1, 0.15) is 71.6 Å². The fraction of sp³-hybridized carbons (Fsp3) is 0.775. The smallest absolute Gasteiger partial charge is 0.306 e. The number of carbonyl (C=O) groups is 7. The Kier molecular flexibility index (Phi) is 31.7. The predicted molar refractivity (Wildman–Crippen MR) is 211 cm³/mol. The highest BCUT2D eigenvalue weighted by Crippen LogP contribution is 2.18. The van der Waals surface area contributed by atoms with E-state index in [2.05, 4.69) is 5.32 Å². The van der Waals surface area contributed by atoms with Gasteiger partial charge in [-0.25, -0.2) is 0 Å². The number of rotatable bonds is 42. The molecule has 0 radical (unpaired) electrons. The predicted octanol–water partition coefficient (Wildman–Crippen LogP) is 1.02. The second-order valence-electron chi connectivity index (χ2n) is 13.9. The van der Waals surface area contributed by atoms with Crippen molar-refractivity contribution in [2.45, 2.75) is 77.7 Å². The standard InChI is InChI=1S/C40H67N3O16/c1-31(2)39(34(45)30-32(40(50)51)6-3-4-8-35(41)46)42-36(47)12-15-53-17-19-55-21-23-57-25-27-59-29-28-58-26-24-56-22-20-54-18-16-52-14-5-7-33(44)11-13-43-37(48)9-10-38(43)49/h9-10,31-32,39H,3-8,11-30H2,1-2H3,(H2,41,46)(H,42,47)(H,50,51)/t32-,39+/m1/s1. The molecule has 19 heteroatoms. The molecule has 0 bridgehead atoms. The number of hydrogen-bond acceptors (Lipinski definition) is 15. The van der Waals surface area contributed by atoms with Crippen molar-refractivity contribution in [1.29, 1.82) is 0 Å². The third-order valence-corrected chi connectivity index (χ3v) is 8.69. The van der Waals surface area contributed by atoms with Gasteiger partial charge in [-0.2, -0.15) is 0 Å². The maximum absolute atomic E-state index is 12.9. The van der Waals surface area contributed by atoms with E-state index < -0.39 is 23.8 Å². The minimum Gasteiger partial charge on any atom is -0.481 e. The van der Waals surface area contributed by atoms with Crippen molar-refractivity contribution in [3.8, 4) is 0 Å². The largest absolute Gasteiger partial charge is 0.481 e. The highest BCUT2D eigenvalue weighted by atomic mass is 16.6. The topological polar surface area (TPSA) is 255 Å². The van der Waals surface area contributed by atoms with Crippen LogP contribution in [0.3, 0.4) is 0 Å². The number of Topliss-reactive ketones (excluding diaryl/α,β-unsaturated/α-hetero) is 2. The molecular weight excluding hydrogens is 778 g/mol. The van der Waals surface area contributed by atoms with Crippen molar-refractivity contribution in [3.63, 3.8) is 0 Å². The van der Waals surface area contributed by atoms with Gasteiger partial charge in [-0.1, -0.05) is 20.3 Å². The van der Waals surface area contributed by atoms with Gasteiger partial charge in [0.15, 0.2) is 5.78 Å². The average molecular weight is 846 g/mol. The van der Waals surface area contributed by atoms with Gasteiger partial charge in [0.1, 0.15) is 5.78 Å². The second-order valence-corrected chi connectivity index (χ2v) is 13.9. The minimum absolute atomic E-state index is 0.0201. The van der Waals surface area contributed by atoms with E-state index in [4.69, 9.17) is 43.6 Å². The van der Waals surface area contributed by atoms with Crippen LogP contribution in [0, 0.1) is 11.8 Å². The van der Waals surface area contributed by atoms with Gasteiger partial charge in [-0.3, -0.25) is 38.5 Å². The molecule has 59 heavy (non-hydrogen) atoms. The highest BCUT2D eigenvalue weighted by Gasteiger charge is 2.29. The zero-order valence-corrected chi connectivity index (χ0v) is 34.9. The molecule has 0 saturated carbocycles. The Morgan fingerprint density at radius 1 is 0.610 bits per heavy atom. The molecule has 0 fully saturated rings. The number of carboxylic acids is 1. The molecule has 1 heterocycles. The van der Waals surface area contributed by atoms with Gasteiger partial charge in [0.25, 0.3) is 11.8 Å². The number of primary amides is 1. The molecule has 0 aromatic carbocycles. The number of nitrogens with two attached hydrogens (primary N) is 1. The molecule has 0 aromatic rings. The maximum atomic E-state index is 12.9. The molecular formula is C40H67N3O16. The Morgan fingerprint density at radius 3 is 1.47 bits per heavy atom. The minimum atomic E-state index is -1.09. The number of carboxylic acid groups (broad SMARTS) is 1. The van der Waals surface area contributed by atoms with Crippen LogP contribution in [0.2, 0.25) is 0 Å². The summed E-state index contributed by atoms with van der Waals surface area (Å²) in [7, 11) is 0. The number of hydrogen-bond donors (Lipinski definition) is 3. The summed E-state index contributed by atoms with van der Waals surface area (Å²) in [6.07, 6.45) is 4.59. The SMILES string of the molecule is CC(C)[C@H](NC(=O)CCOCCOCCOCCOCCOCCOCCOCCOCCCC(=O)CCN1C(=O)C=CC1=O)C(=O)C[C@@H](CCCCC(N)=O)C(=O)O. The number of ketones is 2. The van der Waals surface area contributed by atoms with E-state index in [1.807, 2.05) is 0 Å². The highest BCUT2D eigenvalue weighted by molar-refractivity contribution is 6.13. The second kappa shape index (κ2) is 35.1. The first-order valence-corrected chi connectivity index (χ1v) is 20.4. The molecule has 0 aliphatic carbocycles. The van der Waals surface area contributed by atoms with Crippen molar-refractivity contribution in [2.75, 3.05) is 112 Å². The van der Waals surface area contributed by atoms with Crippen LogP contribution in [0.15, 0.2) is 12.2 Å². The summed E-state index contributed by atoms with van der Waals surface area (Å²) in [4.78, 5) is 83.8. The van der Waals surface area contributed by atoms with Crippen LogP contribution in [0.25, 0.3) is 0 Å². The summed E-state index contributed by atoms with van der Waals surface area (Å²) in [5.74, 6) is -4.17. The van der Waals surface area contributed by atoms with E-state index in [0.717, 1.165) is 4.90 Å². The molecule has 1 aliphatic rings. The zero-order chi connectivity index (χ0) is 43.5. The van der Waals surface area contributed by atoms with E-state index in [9.17, 15) is 38.7 Å². The molecule has 4 amide bonds. The molecule has 0 spiro atoms. The normalized spacial score (nSPS) is 13.6. The zero-order valence-electron chi connectivity index (χ0n) is 34.9. The molecule has 2 atom stereocenters. The van der Waals surface area contributed by atoms with Crippen molar-refractivity contribution in [3.05, 3.63) is 12.2 Å². The van der Waals surface area contributed by atoms with Gasteiger partial charge < -0.3 is 54.1 Å². The molecule has 4 N–H and O–H groups in total. The van der Waals surface area contributed by atoms with Gasteiger partial charge in [0.05, 0.1) is 111 Å². The van der Waals surface area contributed by atoms with Crippen molar-refractivity contribution in [1.82, 2.24) is 10.2 Å². The summed E-state index contributed by atoms with van der Waals surface area (Å²) in [5.41, 5.74) is 5.12. The number of amides is 4. The molecule has 1 rings (SSSR count). The lowest BCUT2D eigenvalue weighted by Crippen LogP contribution is -2.45. The fourth-order valence-corrected chi connectivity index (χ4v) is 5.43. The van der Waals surface area contributed by atoms with Gasteiger partial charge in [0, 0.05) is 57.4 Å². The maximum Gasteiger partial charge on any atom is 0.306 e. The van der Waals surface area contributed by atoms with Crippen LogP contribution < -0.4 is 11.1 Å². The lowest BCUT2D eigenvalue weighted by atomic mass is 9.89. The number of nitrogens with one attached hydrogen (secondary N) is 1. The van der Waals surface area contributed by atoms with Gasteiger partial charge in [-0.15, -0.1) is 0 Å². The lowest BCUT2D eigenvalue weighted by Gasteiger charge is -2.23. The van der Waals surface area contributed by atoms with E-state index in [1.54, 1.807) is 13.8 Å². The van der Waals surface area contributed by atoms with Gasteiger partial charge in [0.2, 0.25) is 11.8 Å². The molecule has 1 aliphatic heterocycles. The number of unbranched alkanes of at least 4 members (excludes halogenated alkanes) is 1. The number of aliphatic carboxylic acids is 1. The molecule has 19 nitrogen and oxygen atoms in total. The Balaban J connectivity index is 1.85. The van der Waals surface area contributed by atoms with Crippen molar-refractivity contribution >= 4 is 41.2 Å². The number of carbonyl (C=O) groups excluding carboxylic acids is 6. The summed E-state index contributed by atoms with van der Waals surface area (Å²) in [6.45, 7) is 9.74. The molecule has 0 unspecified atom stereocenters. The first-order valence-electron chi connectivity index (χ1n) is 20.4. The first kappa shape index (κ1) is 53.3. The van der Waals surface area contributed by atoms with E-state index >= 15 is 0 Å². The third kappa shape index (κ3) is 29.2. The quantitative estimate of drug-likeness (QED) is 0.0573. The monoisotopic (exact) mass is 845 g/mol. The van der Waals surface area contributed by atoms with Gasteiger partial charge >= 0.3 is 5.97 Å². The van der Waals surface area contributed by atoms with Crippen LogP contribution in [-0.4, -0.2) is 169 Å². The number of ether oxygens (including phenoxy) is 8. The lowest BCUT2D eigenvalue weighted by molar-refractivity contribution is -0.144. The number of nitrogens with zero attached hydrogens (tertiary/aromatic N) is 1. The number of imide groups is 1.